The van der Waals surface area contributed by atoms with E-state index in [1.807, 2.05) is 6.92 Å². The van der Waals surface area contributed by atoms with Gasteiger partial charge in [0.15, 0.2) is 0 Å². The molecule has 0 spiro atoms. The van der Waals surface area contributed by atoms with Crippen molar-refractivity contribution in [3.63, 3.8) is 0 Å². The van der Waals surface area contributed by atoms with Crippen LogP contribution in [-0.2, 0) is 19.6 Å². The fourth-order valence-corrected chi connectivity index (χ4v) is 5.50. The number of aromatic nitrogens is 2. The minimum Gasteiger partial charge on any atom is -0.487 e. The van der Waals surface area contributed by atoms with E-state index in [-0.39, 0.29) is 48.8 Å². The normalized spacial score (nSPS) is 21.2. The first-order valence-electron chi connectivity index (χ1n) is 10.6. The van der Waals surface area contributed by atoms with Crippen molar-refractivity contribution in [3.05, 3.63) is 36.9 Å². The number of ether oxygens (including phenoxy) is 2. The molecule has 0 saturated carbocycles. The molecule has 0 unspecified atom stereocenters. The smallest absolute Gasteiger partial charge is 0.248 e. The number of nitrogens with zero attached hydrogens (tertiary/aromatic N) is 4. The molecule has 1 N–H and O–H groups in total. The number of hydrogen-bond acceptors (Lipinski definition) is 8. The lowest BCUT2D eigenvalue weighted by atomic mass is 10.0. The largest absolute Gasteiger partial charge is 0.487 e. The standard InChI is InChI=1S/C22H30N4O6S/c1-15-10-26(16(2)12-27)33(29,30)21-6-5-17(18-8-23-14-24-9-18)7-19(21)32-20(15)11-25(3)22(28)13-31-4/h5-9,14-16,20,27H,10-13H2,1-4H3/t15-,16-,20-/m0/s1. The average molecular weight is 479 g/mol. The van der Waals surface area contributed by atoms with Crippen molar-refractivity contribution in [2.75, 3.05) is 40.5 Å². The van der Waals surface area contributed by atoms with Crippen molar-refractivity contribution >= 4 is 15.9 Å². The predicted molar refractivity (Wildman–Crippen MR) is 121 cm³/mol. The first kappa shape index (κ1) is 25.0. The lowest BCUT2D eigenvalue weighted by molar-refractivity contribution is -0.135. The van der Waals surface area contributed by atoms with Crippen LogP contribution < -0.4 is 4.74 Å². The Morgan fingerprint density at radius 3 is 2.67 bits per heavy atom. The Kier molecular flexibility index (Phi) is 8.01. The molecule has 180 valence electrons. The lowest BCUT2D eigenvalue weighted by Gasteiger charge is -2.37. The number of methoxy groups -OCH3 is 1. The third-order valence-corrected chi connectivity index (χ3v) is 7.73. The number of aliphatic hydroxyl groups is 1. The number of fused-ring (bicyclic) bond motifs is 1. The molecule has 1 aromatic carbocycles. The fraction of sp³-hybridized carbons (Fsp3) is 0.500. The van der Waals surface area contributed by atoms with Crippen LogP contribution in [0.3, 0.4) is 0 Å². The zero-order valence-corrected chi connectivity index (χ0v) is 20.0. The highest BCUT2D eigenvalue weighted by Crippen LogP contribution is 2.36. The van der Waals surface area contributed by atoms with Gasteiger partial charge in [-0.05, 0) is 24.6 Å². The maximum atomic E-state index is 13.5. The van der Waals surface area contributed by atoms with Crippen molar-refractivity contribution in [3.8, 4) is 16.9 Å². The van der Waals surface area contributed by atoms with Crippen LogP contribution in [0, 0.1) is 5.92 Å². The number of rotatable bonds is 7. The van der Waals surface area contributed by atoms with Crippen LogP contribution in [0.1, 0.15) is 13.8 Å². The Bertz CT molecular complexity index is 1070. The van der Waals surface area contributed by atoms with Gasteiger partial charge in [-0.15, -0.1) is 0 Å². The van der Waals surface area contributed by atoms with Crippen LogP contribution in [0.5, 0.6) is 5.75 Å². The maximum Gasteiger partial charge on any atom is 0.248 e. The summed E-state index contributed by atoms with van der Waals surface area (Å²) >= 11 is 0. The Labute approximate surface area is 194 Å². The van der Waals surface area contributed by atoms with Gasteiger partial charge in [0.05, 0.1) is 13.2 Å². The van der Waals surface area contributed by atoms with Crippen LogP contribution in [0.25, 0.3) is 11.1 Å². The summed E-state index contributed by atoms with van der Waals surface area (Å²) in [7, 11) is -0.844. The minimum absolute atomic E-state index is 0.00571. The van der Waals surface area contributed by atoms with E-state index in [1.165, 1.54) is 28.7 Å². The number of benzene rings is 1. The summed E-state index contributed by atoms with van der Waals surface area (Å²) in [6.45, 7) is 3.52. The van der Waals surface area contributed by atoms with Gasteiger partial charge in [0.1, 0.15) is 29.7 Å². The SMILES string of the molecule is COCC(=O)N(C)C[C@@H]1Oc2cc(-c3cncnc3)ccc2S(=O)(=O)N([C@@H](C)CO)C[C@@H]1C. The summed E-state index contributed by atoms with van der Waals surface area (Å²) < 4.78 is 39.5. The van der Waals surface area contributed by atoms with Crippen LogP contribution in [0.4, 0.5) is 0 Å². The molecule has 3 atom stereocenters. The number of sulfonamides is 1. The lowest BCUT2D eigenvalue weighted by Crippen LogP contribution is -2.50. The van der Waals surface area contributed by atoms with Crippen LogP contribution in [0.2, 0.25) is 0 Å². The molecule has 0 fully saturated rings. The molecular weight excluding hydrogens is 448 g/mol. The Morgan fingerprint density at radius 2 is 2.03 bits per heavy atom. The summed E-state index contributed by atoms with van der Waals surface area (Å²) in [6, 6.07) is 4.19. The Hall–Kier alpha value is -2.60. The number of aliphatic hydroxyl groups excluding tert-OH is 1. The zero-order valence-electron chi connectivity index (χ0n) is 19.2. The van der Waals surface area contributed by atoms with E-state index in [4.69, 9.17) is 9.47 Å². The van der Waals surface area contributed by atoms with Crippen molar-refractivity contribution in [1.29, 1.82) is 0 Å². The van der Waals surface area contributed by atoms with E-state index < -0.39 is 22.2 Å². The van der Waals surface area contributed by atoms with Crippen molar-refractivity contribution < 1.29 is 27.8 Å². The number of likely N-dealkylation sites (N-methyl/N-ethyl adjacent to an activating group) is 1. The van der Waals surface area contributed by atoms with E-state index in [9.17, 15) is 18.3 Å². The number of hydrogen-bond donors (Lipinski definition) is 1. The van der Waals surface area contributed by atoms with Gasteiger partial charge >= 0.3 is 0 Å². The molecule has 11 heteroatoms. The first-order chi connectivity index (χ1) is 15.7. The van der Waals surface area contributed by atoms with Crippen molar-refractivity contribution in [1.82, 2.24) is 19.2 Å². The van der Waals surface area contributed by atoms with E-state index in [2.05, 4.69) is 9.97 Å². The summed E-state index contributed by atoms with van der Waals surface area (Å²) in [6.07, 6.45) is 4.17. The minimum atomic E-state index is -3.95. The molecule has 0 bridgehead atoms. The molecule has 33 heavy (non-hydrogen) atoms. The number of carbonyl (C=O) groups excluding carboxylic acids is 1. The molecule has 0 aliphatic carbocycles. The average Bonchev–Trinajstić information content (AvgIpc) is 2.81. The summed E-state index contributed by atoms with van der Waals surface area (Å²) in [4.78, 5) is 21.8. The van der Waals surface area contributed by atoms with E-state index in [0.717, 1.165) is 0 Å². The number of carbonyl (C=O) groups is 1. The second-order valence-corrected chi connectivity index (χ2v) is 10.1. The fourth-order valence-electron chi connectivity index (χ4n) is 3.68. The molecule has 1 aliphatic heterocycles. The molecule has 0 radical (unpaired) electrons. The summed E-state index contributed by atoms with van der Waals surface area (Å²) in [5.41, 5.74) is 1.41. The third kappa shape index (κ3) is 5.49. The van der Waals surface area contributed by atoms with Gasteiger partial charge in [-0.1, -0.05) is 13.0 Å². The van der Waals surface area contributed by atoms with E-state index in [1.54, 1.807) is 38.5 Å². The van der Waals surface area contributed by atoms with Crippen molar-refractivity contribution in [2.45, 2.75) is 30.9 Å². The summed E-state index contributed by atoms with van der Waals surface area (Å²) in [5.74, 6) is -0.307. The molecule has 2 aromatic rings. The molecule has 1 aromatic heterocycles. The van der Waals surface area contributed by atoms with Gasteiger partial charge in [-0.25, -0.2) is 18.4 Å². The molecule has 0 saturated heterocycles. The summed E-state index contributed by atoms with van der Waals surface area (Å²) in [5, 5.41) is 9.73. The van der Waals surface area contributed by atoms with Gasteiger partial charge in [-0.3, -0.25) is 4.79 Å². The highest BCUT2D eigenvalue weighted by atomic mass is 32.2. The van der Waals surface area contributed by atoms with E-state index in [0.29, 0.717) is 11.1 Å². The highest BCUT2D eigenvalue weighted by molar-refractivity contribution is 7.89. The van der Waals surface area contributed by atoms with Gasteiger partial charge in [0.2, 0.25) is 15.9 Å². The second-order valence-electron chi connectivity index (χ2n) is 8.24. The van der Waals surface area contributed by atoms with Crippen LogP contribution >= 0.6 is 0 Å². The first-order valence-corrected chi connectivity index (χ1v) is 12.0. The van der Waals surface area contributed by atoms with Gasteiger partial charge in [0, 0.05) is 50.6 Å². The topological polar surface area (TPSA) is 122 Å². The second kappa shape index (κ2) is 10.6. The highest BCUT2D eigenvalue weighted by Gasteiger charge is 2.38. The monoisotopic (exact) mass is 478 g/mol. The van der Waals surface area contributed by atoms with Gasteiger partial charge in [0.25, 0.3) is 0 Å². The maximum absolute atomic E-state index is 13.5. The Morgan fingerprint density at radius 1 is 1.33 bits per heavy atom. The Balaban J connectivity index is 2.08. The number of amides is 1. The molecule has 1 aliphatic rings. The molecule has 10 nitrogen and oxygen atoms in total. The van der Waals surface area contributed by atoms with Gasteiger partial charge < -0.3 is 19.5 Å². The molecule has 3 rings (SSSR count). The van der Waals surface area contributed by atoms with Crippen molar-refractivity contribution in [2.24, 2.45) is 5.92 Å². The molecular formula is C22H30N4O6S. The third-order valence-electron chi connectivity index (χ3n) is 5.71. The van der Waals surface area contributed by atoms with Crippen LogP contribution in [0.15, 0.2) is 41.8 Å². The van der Waals surface area contributed by atoms with Crippen LogP contribution in [-0.4, -0.2) is 91.2 Å². The quantitative estimate of drug-likeness (QED) is 0.626. The molecule has 2 heterocycles. The zero-order chi connectivity index (χ0) is 24.2. The predicted octanol–water partition coefficient (Wildman–Crippen LogP) is 1.02. The molecule has 1 amide bonds. The van der Waals surface area contributed by atoms with Gasteiger partial charge in [-0.2, -0.15) is 4.31 Å². The van der Waals surface area contributed by atoms with E-state index >= 15 is 0 Å².